The Bertz CT molecular complexity index is 1360. The van der Waals surface area contributed by atoms with E-state index >= 15 is 0 Å². The number of primary amides is 1. The van der Waals surface area contributed by atoms with Gasteiger partial charge in [0.25, 0.3) is 11.6 Å². The highest BCUT2D eigenvalue weighted by Gasteiger charge is 2.24. The average molecular weight is 443 g/mol. The average Bonchev–Trinajstić information content (AvgIpc) is 3.17. The van der Waals surface area contributed by atoms with Gasteiger partial charge in [0.05, 0.1) is 10.6 Å². The number of aromatic nitrogens is 2. The molecule has 0 aliphatic heterocycles. The van der Waals surface area contributed by atoms with Crippen molar-refractivity contribution in [3.8, 4) is 28.4 Å². The number of anilines is 1. The van der Waals surface area contributed by atoms with Gasteiger partial charge in [-0.15, -0.1) is 0 Å². The first-order valence-corrected chi connectivity index (χ1v) is 9.64. The number of non-ortho nitro benzene ring substituents is 1. The molecule has 4 N–H and O–H groups in total. The maximum atomic E-state index is 12.2. The molecule has 164 valence electrons. The Balaban J connectivity index is 1.79. The molecule has 10 nitrogen and oxygen atoms in total. The largest absolute Gasteiger partial charge is 0.457 e. The van der Waals surface area contributed by atoms with Gasteiger partial charge in [0, 0.05) is 23.3 Å². The zero-order valence-electron chi connectivity index (χ0n) is 17.0. The first kappa shape index (κ1) is 21.2. The number of nitrogen functional groups attached to an aromatic ring is 1. The smallest absolute Gasteiger partial charge is 0.271 e. The molecule has 0 unspecified atom stereocenters. The Morgan fingerprint density at radius 1 is 1.03 bits per heavy atom. The van der Waals surface area contributed by atoms with Crippen molar-refractivity contribution in [2.45, 2.75) is 0 Å². The molecule has 0 spiro atoms. The van der Waals surface area contributed by atoms with Crippen LogP contribution in [0.1, 0.15) is 20.7 Å². The van der Waals surface area contributed by atoms with Crippen LogP contribution in [0.15, 0.2) is 72.8 Å². The summed E-state index contributed by atoms with van der Waals surface area (Å²) in [5, 5.41) is 15.6. The Hall–Kier alpha value is -4.99. The number of carbonyl (C=O) groups excluding carboxylic acids is 2. The molecule has 3 aromatic carbocycles. The van der Waals surface area contributed by atoms with Crippen molar-refractivity contribution in [2.75, 3.05) is 5.73 Å². The van der Waals surface area contributed by atoms with E-state index in [4.69, 9.17) is 16.2 Å². The lowest BCUT2D eigenvalue weighted by Gasteiger charge is -2.07. The minimum atomic E-state index is -0.837. The van der Waals surface area contributed by atoms with Crippen LogP contribution in [-0.2, 0) is 0 Å². The van der Waals surface area contributed by atoms with E-state index in [2.05, 4.69) is 5.10 Å². The van der Waals surface area contributed by atoms with Crippen molar-refractivity contribution < 1.29 is 19.2 Å². The molecule has 0 aliphatic carbocycles. The van der Waals surface area contributed by atoms with Crippen LogP contribution >= 0.6 is 0 Å². The third kappa shape index (κ3) is 4.12. The van der Waals surface area contributed by atoms with Crippen molar-refractivity contribution in [3.63, 3.8) is 0 Å². The lowest BCUT2D eigenvalue weighted by atomic mass is 10.1. The fourth-order valence-corrected chi connectivity index (χ4v) is 3.29. The van der Waals surface area contributed by atoms with E-state index < -0.39 is 10.8 Å². The van der Waals surface area contributed by atoms with Crippen LogP contribution in [-0.4, -0.2) is 26.9 Å². The molecule has 10 heteroatoms. The number of hydrogen-bond acceptors (Lipinski definition) is 7. The monoisotopic (exact) mass is 443 g/mol. The summed E-state index contributed by atoms with van der Waals surface area (Å²) in [6.07, 6.45) is 0.513. The summed E-state index contributed by atoms with van der Waals surface area (Å²) < 4.78 is 6.86. The van der Waals surface area contributed by atoms with Gasteiger partial charge in [-0.05, 0) is 42.5 Å². The van der Waals surface area contributed by atoms with Crippen molar-refractivity contribution in [2.24, 2.45) is 5.73 Å². The Morgan fingerprint density at radius 3 is 2.30 bits per heavy atom. The van der Waals surface area contributed by atoms with Gasteiger partial charge in [0.2, 0.25) is 0 Å². The van der Waals surface area contributed by atoms with Crippen LogP contribution in [0, 0.1) is 10.1 Å². The molecular formula is C23H17N5O5. The minimum Gasteiger partial charge on any atom is -0.457 e. The van der Waals surface area contributed by atoms with Crippen LogP contribution < -0.4 is 16.2 Å². The summed E-state index contributed by atoms with van der Waals surface area (Å²) in [5.74, 6) is 0.228. The number of nitrogens with zero attached hydrogens (tertiary/aromatic N) is 3. The van der Waals surface area contributed by atoms with E-state index in [9.17, 15) is 19.7 Å². The molecule has 33 heavy (non-hydrogen) atoms. The van der Waals surface area contributed by atoms with E-state index in [0.717, 1.165) is 10.7 Å². The summed E-state index contributed by atoms with van der Waals surface area (Å²) in [6.45, 7) is 0. The highest BCUT2D eigenvalue weighted by molar-refractivity contribution is 6.03. The second-order valence-electron chi connectivity index (χ2n) is 6.94. The Morgan fingerprint density at radius 2 is 1.70 bits per heavy atom. The van der Waals surface area contributed by atoms with Crippen LogP contribution in [0.3, 0.4) is 0 Å². The molecule has 0 aliphatic rings. The third-order valence-corrected chi connectivity index (χ3v) is 4.85. The minimum absolute atomic E-state index is 0.0504. The van der Waals surface area contributed by atoms with Gasteiger partial charge in [-0.1, -0.05) is 18.2 Å². The normalized spacial score (nSPS) is 10.5. The van der Waals surface area contributed by atoms with Gasteiger partial charge in [0.1, 0.15) is 28.6 Å². The summed E-state index contributed by atoms with van der Waals surface area (Å²) in [6, 6.07) is 19.5. The van der Waals surface area contributed by atoms with Gasteiger partial charge < -0.3 is 16.2 Å². The molecule has 0 fully saturated rings. The number of hydrogen-bond donors (Lipinski definition) is 2. The number of rotatable bonds is 7. The maximum absolute atomic E-state index is 12.2. The SMILES string of the molecule is NC(=O)c1c(-c2ccc(Oc3ccccc3)cc2)nn(-c2cc([N+](=O)[O-])ccc2C=O)c1N. The van der Waals surface area contributed by atoms with Crippen molar-refractivity contribution in [1.29, 1.82) is 0 Å². The van der Waals surface area contributed by atoms with E-state index in [1.54, 1.807) is 24.3 Å². The van der Waals surface area contributed by atoms with Gasteiger partial charge in [0.15, 0.2) is 6.29 Å². The zero-order chi connectivity index (χ0) is 23.5. The summed E-state index contributed by atoms with van der Waals surface area (Å²) >= 11 is 0. The van der Waals surface area contributed by atoms with Gasteiger partial charge in [-0.3, -0.25) is 19.7 Å². The van der Waals surface area contributed by atoms with Crippen LogP contribution in [0.5, 0.6) is 11.5 Å². The number of benzene rings is 3. The van der Waals surface area contributed by atoms with Gasteiger partial charge in [-0.2, -0.15) is 5.10 Å². The van der Waals surface area contributed by atoms with E-state index in [-0.39, 0.29) is 34.0 Å². The number of carbonyl (C=O) groups is 2. The second-order valence-corrected chi connectivity index (χ2v) is 6.94. The summed E-state index contributed by atoms with van der Waals surface area (Å²) in [7, 11) is 0. The molecule has 4 aromatic rings. The van der Waals surface area contributed by atoms with E-state index in [1.807, 2.05) is 30.3 Å². The zero-order valence-corrected chi connectivity index (χ0v) is 17.0. The molecule has 4 rings (SSSR count). The quantitative estimate of drug-likeness (QED) is 0.250. The number of ether oxygens (including phenoxy) is 1. The fraction of sp³-hybridized carbons (Fsp3) is 0. The molecule has 0 saturated carbocycles. The number of aldehydes is 1. The van der Waals surface area contributed by atoms with Crippen LogP contribution in [0.2, 0.25) is 0 Å². The highest BCUT2D eigenvalue weighted by Crippen LogP contribution is 2.32. The molecular weight excluding hydrogens is 426 g/mol. The first-order valence-electron chi connectivity index (χ1n) is 9.64. The number of nitrogens with two attached hydrogens (primary N) is 2. The lowest BCUT2D eigenvalue weighted by Crippen LogP contribution is -2.14. The second kappa shape index (κ2) is 8.63. The lowest BCUT2D eigenvalue weighted by molar-refractivity contribution is -0.384. The Labute approximate surface area is 187 Å². The molecule has 0 radical (unpaired) electrons. The molecule has 0 saturated heterocycles. The molecule has 0 bridgehead atoms. The topological polar surface area (TPSA) is 156 Å². The van der Waals surface area contributed by atoms with Crippen molar-refractivity contribution >= 4 is 23.7 Å². The van der Waals surface area contributed by atoms with Crippen LogP contribution in [0.25, 0.3) is 16.9 Å². The molecule has 0 atom stereocenters. The third-order valence-electron chi connectivity index (χ3n) is 4.85. The van der Waals surface area contributed by atoms with Crippen LogP contribution in [0.4, 0.5) is 11.5 Å². The Kier molecular flexibility index (Phi) is 5.56. The molecule has 1 aromatic heterocycles. The fourth-order valence-electron chi connectivity index (χ4n) is 3.29. The molecule has 1 heterocycles. The number of nitro groups is 1. The number of amides is 1. The van der Waals surface area contributed by atoms with Gasteiger partial charge >= 0.3 is 0 Å². The van der Waals surface area contributed by atoms with E-state index in [0.29, 0.717) is 23.3 Å². The summed E-state index contributed by atoms with van der Waals surface area (Å²) in [4.78, 5) is 34.3. The number of para-hydroxylation sites is 1. The maximum Gasteiger partial charge on any atom is 0.271 e. The molecule has 1 amide bonds. The van der Waals surface area contributed by atoms with E-state index in [1.165, 1.54) is 12.1 Å². The summed E-state index contributed by atoms with van der Waals surface area (Å²) in [5.41, 5.74) is 12.2. The van der Waals surface area contributed by atoms with Crippen molar-refractivity contribution in [3.05, 3.63) is 94.0 Å². The predicted molar refractivity (Wildman–Crippen MR) is 120 cm³/mol. The highest BCUT2D eigenvalue weighted by atomic mass is 16.6. The first-order chi connectivity index (χ1) is 15.9. The van der Waals surface area contributed by atoms with Crippen molar-refractivity contribution in [1.82, 2.24) is 9.78 Å². The predicted octanol–water partition coefficient (Wildman–Crippen LogP) is 3.73. The number of nitro benzene ring substituents is 1. The standard InChI is InChI=1S/C23H17N5O5/c24-22-20(23(25)30)21(14-7-10-18(11-8-14)33-17-4-2-1-3-5-17)26-27(22)19-12-16(28(31)32)9-6-15(19)13-29/h1-13H,24H2,(H2,25,30). The van der Waals surface area contributed by atoms with Gasteiger partial charge in [-0.25, -0.2) is 4.68 Å².